The number of benzene rings is 1. The topological polar surface area (TPSA) is 66.8 Å². The Morgan fingerprint density at radius 2 is 1.83 bits per heavy atom. The summed E-state index contributed by atoms with van der Waals surface area (Å²) in [4.78, 5) is 24.9. The zero-order valence-corrected chi connectivity index (χ0v) is 13.9. The smallest absolute Gasteiger partial charge is 0.411 e. The van der Waals surface area contributed by atoms with Crippen LogP contribution in [-0.2, 0) is 16.0 Å². The van der Waals surface area contributed by atoms with E-state index in [0.717, 1.165) is 0 Å². The lowest BCUT2D eigenvalue weighted by Gasteiger charge is -2.35. The highest BCUT2D eigenvalue weighted by Crippen LogP contribution is 2.42. The van der Waals surface area contributed by atoms with Crippen LogP contribution in [0.4, 0.5) is 13.6 Å². The molecule has 1 aliphatic heterocycles. The molecule has 5 nitrogen and oxygen atoms in total. The number of carbonyl (C=O) groups excluding carboxylic acids is 1. The van der Waals surface area contributed by atoms with Gasteiger partial charge in [0.15, 0.2) is 5.54 Å². The molecule has 1 fully saturated rings. The molecule has 0 saturated carbocycles. The van der Waals surface area contributed by atoms with Crippen molar-refractivity contribution in [2.75, 3.05) is 6.54 Å². The average Bonchev–Trinajstić information content (AvgIpc) is 2.70. The first-order valence-electron chi connectivity index (χ1n) is 7.61. The summed E-state index contributed by atoms with van der Waals surface area (Å²) in [7, 11) is 0. The van der Waals surface area contributed by atoms with Crippen LogP contribution in [0.2, 0.25) is 0 Å². The number of rotatable bonds is 3. The molecular weight excluding hydrogens is 320 g/mol. The molecule has 0 bridgehead atoms. The zero-order chi connectivity index (χ0) is 18.2. The minimum atomic E-state index is -3.29. The molecule has 1 aromatic rings. The third kappa shape index (κ3) is 3.83. The van der Waals surface area contributed by atoms with Gasteiger partial charge in [-0.2, -0.15) is 0 Å². The molecule has 24 heavy (non-hydrogen) atoms. The normalized spacial score (nSPS) is 23.1. The van der Waals surface area contributed by atoms with Crippen molar-refractivity contribution < 1.29 is 28.2 Å². The maximum absolute atomic E-state index is 14.0. The number of carboxylic acids is 1. The molecule has 1 N–H and O–H groups in total. The van der Waals surface area contributed by atoms with Gasteiger partial charge in [-0.15, -0.1) is 0 Å². The Kier molecular flexibility index (Phi) is 4.57. The van der Waals surface area contributed by atoms with E-state index in [9.17, 15) is 23.5 Å². The fraction of sp³-hybridized carbons (Fsp3) is 0.529. The average molecular weight is 341 g/mol. The van der Waals surface area contributed by atoms with Crippen LogP contribution in [-0.4, -0.2) is 45.7 Å². The molecule has 0 aliphatic carbocycles. The van der Waals surface area contributed by atoms with E-state index in [1.54, 1.807) is 51.1 Å². The molecule has 7 heteroatoms. The second kappa shape index (κ2) is 6.03. The lowest BCUT2D eigenvalue weighted by atomic mass is 9.87. The Morgan fingerprint density at radius 1 is 1.25 bits per heavy atom. The van der Waals surface area contributed by atoms with Gasteiger partial charge in [0.25, 0.3) is 5.92 Å². The van der Waals surface area contributed by atoms with Crippen molar-refractivity contribution in [2.45, 2.75) is 50.7 Å². The number of hydrogen-bond donors (Lipinski definition) is 1. The molecular formula is C17H21F2NO4. The van der Waals surface area contributed by atoms with Gasteiger partial charge in [-0.05, 0) is 26.3 Å². The van der Waals surface area contributed by atoms with Crippen LogP contribution in [0.15, 0.2) is 30.3 Å². The number of halogens is 2. The molecule has 0 unspecified atom stereocenters. The Bertz CT molecular complexity index is 627. The number of amides is 1. The molecule has 2 rings (SSSR count). The van der Waals surface area contributed by atoms with Crippen molar-refractivity contribution in [3.8, 4) is 0 Å². The van der Waals surface area contributed by atoms with E-state index in [-0.39, 0.29) is 6.42 Å². The maximum Gasteiger partial charge on any atom is 0.411 e. The molecule has 0 spiro atoms. The third-order valence-electron chi connectivity index (χ3n) is 3.81. The Morgan fingerprint density at radius 3 is 2.33 bits per heavy atom. The number of alkyl halides is 2. The summed E-state index contributed by atoms with van der Waals surface area (Å²) in [5.74, 6) is -4.75. The largest absolute Gasteiger partial charge is 0.479 e. The number of carbonyl (C=O) groups is 2. The highest BCUT2D eigenvalue weighted by molar-refractivity contribution is 5.86. The van der Waals surface area contributed by atoms with Crippen molar-refractivity contribution in [2.24, 2.45) is 0 Å². The van der Waals surface area contributed by atoms with Gasteiger partial charge < -0.3 is 9.84 Å². The van der Waals surface area contributed by atoms with Gasteiger partial charge in [0.1, 0.15) is 5.60 Å². The van der Waals surface area contributed by atoms with Gasteiger partial charge in [-0.1, -0.05) is 30.3 Å². The highest BCUT2D eigenvalue weighted by Gasteiger charge is 2.61. The van der Waals surface area contributed by atoms with Crippen molar-refractivity contribution in [1.29, 1.82) is 0 Å². The lowest BCUT2D eigenvalue weighted by Crippen LogP contribution is -2.55. The van der Waals surface area contributed by atoms with Crippen LogP contribution in [0.5, 0.6) is 0 Å². The summed E-state index contributed by atoms with van der Waals surface area (Å²) in [6.45, 7) is 3.82. The zero-order valence-electron chi connectivity index (χ0n) is 13.9. The summed E-state index contributed by atoms with van der Waals surface area (Å²) < 4.78 is 33.2. The first kappa shape index (κ1) is 18.2. The first-order chi connectivity index (χ1) is 11.0. The van der Waals surface area contributed by atoms with Gasteiger partial charge >= 0.3 is 12.1 Å². The van der Waals surface area contributed by atoms with Crippen molar-refractivity contribution in [3.05, 3.63) is 35.9 Å². The van der Waals surface area contributed by atoms with Crippen LogP contribution in [0.3, 0.4) is 0 Å². The molecule has 1 aromatic carbocycles. The molecule has 1 amide bonds. The fourth-order valence-electron chi connectivity index (χ4n) is 2.88. The summed E-state index contributed by atoms with van der Waals surface area (Å²) in [5, 5.41) is 9.69. The lowest BCUT2D eigenvalue weighted by molar-refractivity contribution is -0.149. The van der Waals surface area contributed by atoms with Gasteiger partial charge in [0.2, 0.25) is 0 Å². The van der Waals surface area contributed by atoms with E-state index >= 15 is 0 Å². The Labute approximate surface area is 139 Å². The van der Waals surface area contributed by atoms with Gasteiger partial charge in [-0.25, -0.2) is 18.4 Å². The van der Waals surface area contributed by atoms with Crippen LogP contribution in [0.25, 0.3) is 0 Å². The van der Waals surface area contributed by atoms with E-state index in [1.807, 2.05) is 0 Å². The van der Waals surface area contributed by atoms with Crippen LogP contribution in [0, 0.1) is 0 Å². The van der Waals surface area contributed by atoms with E-state index in [4.69, 9.17) is 4.74 Å². The standard InChI is InChI=1S/C17H21F2NO4/c1-15(2,3)24-14(23)20-11-17(18,19)10-16(20,13(21)22)9-12-7-5-4-6-8-12/h4-8H,9-11H2,1-3H3,(H,21,22)/t16-/m0/s1. The van der Waals surface area contributed by atoms with E-state index < -0.39 is 42.1 Å². The monoisotopic (exact) mass is 341 g/mol. The number of hydrogen-bond acceptors (Lipinski definition) is 3. The van der Waals surface area contributed by atoms with Crippen molar-refractivity contribution in [1.82, 2.24) is 4.90 Å². The summed E-state index contributed by atoms with van der Waals surface area (Å²) >= 11 is 0. The number of aliphatic carboxylic acids is 1. The summed E-state index contributed by atoms with van der Waals surface area (Å²) in [6.07, 6.45) is -2.19. The molecule has 1 heterocycles. The van der Waals surface area contributed by atoms with Crippen LogP contribution < -0.4 is 0 Å². The van der Waals surface area contributed by atoms with Crippen molar-refractivity contribution >= 4 is 12.1 Å². The number of ether oxygens (including phenoxy) is 1. The Hall–Kier alpha value is -2.18. The van der Waals surface area contributed by atoms with Gasteiger partial charge in [-0.3, -0.25) is 4.90 Å². The highest BCUT2D eigenvalue weighted by atomic mass is 19.3. The quantitative estimate of drug-likeness (QED) is 0.916. The Balaban J connectivity index is 2.41. The van der Waals surface area contributed by atoms with Crippen LogP contribution in [0.1, 0.15) is 32.8 Å². The van der Waals surface area contributed by atoms with Crippen LogP contribution >= 0.6 is 0 Å². The second-order valence-corrected chi connectivity index (χ2v) is 7.10. The minimum absolute atomic E-state index is 0.210. The summed E-state index contributed by atoms with van der Waals surface area (Å²) in [6, 6.07) is 8.42. The number of likely N-dealkylation sites (tertiary alicyclic amines) is 1. The maximum atomic E-state index is 14.0. The minimum Gasteiger partial charge on any atom is -0.479 e. The summed E-state index contributed by atoms with van der Waals surface area (Å²) in [5.41, 5.74) is -2.38. The predicted molar refractivity (Wildman–Crippen MR) is 83.0 cm³/mol. The third-order valence-corrected chi connectivity index (χ3v) is 3.81. The number of nitrogens with zero attached hydrogens (tertiary/aromatic N) is 1. The first-order valence-corrected chi connectivity index (χ1v) is 7.61. The van der Waals surface area contributed by atoms with E-state index in [2.05, 4.69) is 0 Å². The van der Waals surface area contributed by atoms with E-state index in [1.165, 1.54) is 0 Å². The molecule has 1 saturated heterocycles. The molecule has 132 valence electrons. The SMILES string of the molecule is CC(C)(C)OC(=O)N1CC(F)(F)C[C@@]1(Cc1ccccc1)C(=O)O. The molecule has 1 atom stereocenters. The fourth-order valence-corrected chi connectivity index (χ4v) is 2.88. The molecule has 0 radical (unpaired) electrons. The number of carboxylic acid groups (broad SMARTS) is 1. The van der Waals surface area contributed by atoms with E-state index in [0.29, 0.717) is 10.5 Å². The van der Waals surface area contributed by atoms with Crippen molar-refractivity contribution in [3.63, 3.8) is 0 Å². The van der Waals surface area contributed by atoms with Gasteiger partial charge in [0, 0.05) is 12.8 Å². The van der Waals surface area contributed by atoms with Gasteiger partial charge in [0.05, 0.1) is 6.54 Å². The second-order valence-electron chi connectivity index (χ2n) is 7.10. The predicted octanol–water partition coefficient (Wildman–Crippen LogP) is 3.33. The molecule has 1 aliphatic rings. The molecule has 0 aromatic heterocycles.